The van der Waals surface area contributed by atoms with Gasteiger partial charge in [0.05, 0.1) is 38.7 Å². The maximum Gasteiger partial charge on any atom is 0.303 e. The predicted molar refractivity (Wildman–Crippen MR) is 137 cm³/mol. The molecular formula is C24H25Cl3N2O6S. The Hall–Kier alpha value is -2.46. The number of imidazole rings is 1. The summed E-state index contributed by atoms with van der Waals surface area (Å²) in [6, 6.07) is 8.38. The number of nitrogens with zero attached hydrogens (tertiary/aromatic N) is 2. The first-order valence-corrected chi connectivity index (χ1v) is 13.7. The molecule has 0 saturated heterocycles. The fourth-order valence-corrected chi connectivity index (χ4v) is 5.30. The molecule has 0 N–H and O–H groups in total. The first-order chi connectivity index (χ1) is 17.1. The normalized spacial score (nSPS) is 13.1. The quantitative estimate of drug-likeness (QED) is 0.214. The number of carbonyl (C=O) groups excluding carboxylic acids is 1. The number of esters is 1. The third kappa shape index (κ3) is 7.52. The maximum absolute atomic E-state index is 13.2. The molecule has 2 atom stereocenters. The number of alkyl halides is 1. The number of halogens is 3. The molecule has 0 radical (unpaired) electrons. The summed E-state index contributed by atoms with van der Waals surface area (Å²) in [5, 5.41) is 0.250. The van der Waals surface area contributed by atoms with Gasteiger partial charge in [-0.25, -0.2) is 13.4 Å². The predicted octanol–water partition coefficient (Wildman–Crippen LogP) is 5.29. The van der Waals surface area contributed by atoms with Crippen molar-refractivity contribution in [1.29, 1.82) is 0 Å². The molecule has 0 spiro atoms. The molecule has 3 rings (SSSR count). The van der Waals surface area contributed by atoms with Gasteiger partial charge >= 0.3 is 5.97 Å². The molecule has 0 aliphatic carbocycles. The number of carbonyl (C=O) groups is 1. The molecule has 0 fully saturated rings. The van der Waals surface area contributed by atoms with E-state index in [2.05, 4.69) is 4.98 Å². The van der Waals surface area contributed by atoms with Crippen molar-refractivity contribution in [2.75, 3.05) is 19.1 Å². The number of sulfone groups is 1. The van der Waals surface area contributed by atoms with Gasteiger partial charge in [-0.15, -0.1) is 11.6 Å². The zero-order valence-corrected chi connectivity index (χ0v) is 22.6. The summed E-state index contributed by atoms with van der Waals surface area (Å²) in [5.74, 6) is 0.334. The highest BCUT2D eigenvalue weighted by Crippen LogP contribution is 2.33. The van der Waals surface area contributed by atoms with Crippen molar-refractivity contribution in [3.8, 4) is 11.5 Å². The van der Waals surface area contributed by atoms with Crippen LogP contribution in [0.25, 0.3) is 0 Å². The Morgan fingerprint density at radius 2 is 1.61 bits per heavy atom. The first-order valence-electron chi connectivity index (χ1n) is 10.9. The van der Waals surface area contributed by atoms with E-state index in [4.69, 9.17) is 49.0 Å². The molecule has 3 aromatic rings. The summed E-state index contributed by atoms with van der Waals surface area (Å²) in [6.45, 7) is 4.37. The van der Waals surface area contributed by atoms with Crippen molar-refractivity contribution >= 4 is 50.6 Å². The molecule has 36 heavy (non-hydrogen) atoms. The summed E-state index contributed by atoms with van der Waals surface area (Å²) in [5.41, 5.74) is 0. The van der Waals surface area contributed by atoms with E-state index in [9.17, 15) is 13.2 Å². The highest BCUT2D eigenvalue weighted by atomic mass is 35.5. The molecule has 1 heterocycles. The Morgan fingerprint density at radius 1 is 1.03 bits per heavy atom. The van der Waals surface area contributed by atoms with Crippen LogP contribution in [0.1, 0.15) is 13.8 Å². The molecule has 194 valence electrons. The third-order valence-electron chi connectivity index (χ3n) is 4.96. The average molecular weight is 576 g/mol. The molecule has 0 aliphatic rings. The highest BCUT2D eigenvalue weighted by molar-refractivity contribution is 7.91. The van der Waals surface area contributed by atoms with Crippen LogP contribution in [0.3, 0.4) is 0 Å². The lowest BCUT2D eigenvalue weighted by Gasteiger charge is -2.16. The van der Waals surface area contributed by atoms with Crippen molar-refractivity contribution in [2.24, 2.45) is 5.92 Å². The number of hydrogen-bond donors (Lipinski definition) is 0. The van der Waals surface area contributed by atoms with E-state index >= 15 is 0 Å². The zero-order chi connectivity index (χ0) is 26.3. The molecular weight excluding hydrogens is 551 g/mol. The largest absolute Gasteiger partial charge is 0.492 e. The van der Waals surface area contributed by atoms with Gasteiger partial charge in [0, 0.05) is 31.8 Å². The van der Waals surface area contributed by atoms with Crippen molar-refractivity contribution in [1.82, 2.24) is 9.55 Å². The van der Waals surface area contributed by atoms with Crippen LogP contribution in [0, 0.1) is 5.92 Å². The zero-order valence-electron chi connectivity index (χ0n) is 19.6. The number of benzene rings is 2. The van der Waals surface area contributed by atoms with E-state index in [1.165, 1.54) is 43.3 Å². The monoisotopic (exact) mass is 574 g/mol. The van der Waals surface area contributed by atoms with Gasteiger partial charge < -0.3 is 18.8 Å². The summed E-state index contributed by atoms with van der Waals surface area (Å²) < 4.78 is 44.6. The van der Waals surface area contributed by atoms with E-state index in [-0.39, 0.29) is 44.0 Å². The Labute approximate surface area is 225 Å². The summed E-state index contributed by atoms with van der Waals surface area (Å²) in [6.07, 6.45) is 4.64. The fraction of sp³-hybridized carbons (Fsp3) is 0.333. The minimum absolute atomic E-state index is 0.00638. The topological polar surface area (TPSA) is 96.7 Å². The van der Waals surface area contributed by atoms with Gasteiger partial charge in [0.2, 0.25) is 9.84 Å². The molecule has 0 amide bonds. The van der Waals surface area contributed by atoms with Gasteiger partial charge in [0.25, 0.3) is 0 Å². The van der Waals surface area contributed by atoms with Gasteiger partial charge in [-0.05, 0) is 36.4 Å². The lowest BCUT2D eigenvalue weighted by Crippen LogP contribution is -2.25. The molecule has 2 unspecified atom stereocenters. The smallest absolute Gasteiger partial charge is 0.303 e. The van der Waals surface area contributed by atoms with E-state index in [0.29, 0.717) is 12.4 Å². The van der Waals surface area contributed by atoms with Crippen LogP contribution in [-0.2, 0) is 25.9 Å². The lowest BCUT2D eigenvalue weighted by molar-refractivity contribution is -0.146. The van der Waals surface area contributed by atoms with Gasteiger partial charge in [-0.2, -0.15) is 0 Å². The molecule has 0 bridgehead atoms. The third-order valence-corrected chi connectivity index (χ3v) is 7.65. The van der Waals surface area contributed by atoms with Gasteiger partial charge in [-0.3, -0.25) is 4.79 Å². The lowest BCUT2D eigenvalue weighted by atomic mass is 10.2. The Balaban J connectivity index is 1.67. The van der Waals surface area contributed by atoms with Crippen molar-refractivity contribution < 1.29 is 27.4 Å². The van der Waals surface area contributed by atoms with E-state index < -0.39 is 21.9 Å². The van der Waals surface area contributed by atoms with Crippen LogP contribution in [0.15, 0.2) is 64.9 Å². The molecule has 0 saturated carbocycles. The minimum Gasteiger partial charge on any atom is -0.492 e. The van der Waals surface area contributed by atoms with Crippen LogP contribution in [0.4, 0.5) is 0 Å². The van der Waals surface area contributed by atoms with Crippen molar-refractivity contribution in [3.05, 3.63) is 65.2 Å². The number of hydrogen-bond acceptors (Lipinski definition) is 7. The highest BCUT2D eigenvalue weighted by Gasteiger charge is 2.21. The average Bonchev–Trinajstić information content (AvgIpc) is 3.34. The van der Waals surface area contributed by atoms with Crippen molar-refractivity contribution in [3.63, 3.8) is 0 Å². The Kier molecular flexibility index (Phi) is 9.90. The second kappa shape index (κ2) is 12.7. The number of ether oxygens (including phenoxy) is 3. The fourth-order valence-electron chi connectivity index (χ4n) is 3.23. The molecule has 8 nitrogen and oxygen atoms in total. The van der Waals surface area contributed by atoms with Crippen LogP contribution in [0.2, 0.25) is 10.0 Å². The molecule has 1 aromatic heterocycles. The van der Waals surface area contributed by atoms with Gasteiger partial charge in [0.1, 0.15) is 24.2 Å². The van der Waals surface area contributed by atoms with Crippen LogP contribution >= 0.6 is 34.8 Å². The Morgan fingerprint density at radius 3 is 2.08 bits per heavy atom. The van der Waals surface area contributed by atoms with E-state index in [0.717, 1.165) is 6.54 Å². The standard InChI is InChI=1S/C24H25Cl3N2O6S/c1-16(12-29-8-7-28-15-29)13-33-23-5-3-19(9-21(23)26)36(31,32)20-4-6-24(22(27)10-20)34-14-18(11-25)35-17(2)30/h3-10,15-16,18H,11-14H2,1-2H3. The van der Waals surface area contributed by atoms with Crippen LogP contribution in [-0.4, -0.2) is 49.1 Å². The summed E-state index contributed by atoms with van der Waals surface area (Å²) in [4.78, 5) is 15.1. The SMILES string of the molecule is CC(=O)OC(CCl)COc1ccc(S(=O)(=O)c2ccc(OCC(C)Cn3ccnc3)c(Cl)c2)cc1Cl. The van der Waals surface area contributed by atoms with Crippen molar-refractivity contribution in [2.45, 2.75) is 36.3 Å². The first kappa shape index (κ1) is 28.1. The van der Waals surface area contributed by atoms with Crippen LogP contribution < -0.4 is 9.47 Å². The second-order valence-corrected chi connectivity index (χ2v) is 11.1. The van der Waals surface area contributed by atoms with E-state index in [1.54, 1.807) is 12.5 Å². The number of aromatic nitrogens is 2. The van der Waals surface area contributed by atoms with Gasteiger partial charge in [-0.1, -0.05) is 30.1 Å². The van der Waals surface area contributed by atoms with Gasteiger partial charge in [0.15, 0.2) is 0 Å². The van der Waals surface area contributed by atoms with Crippen LogP contribution in [0.5, 0.6) is 11.5 Å². The molecule has 2 aromatic carbocycles. The Bertz CT molecular complexity index is 1290. The molecule has 0 aliphatic heterocycles. The summed E-state index contributed by atoms with van der Waals surface area (Å²) >= 11 is 18.3. The molecule has 12 heteroatoms. The minimum atomic E-state index is -3.92. The maximum atomic E-state index is 13.2. The summed E-state index contributed by atoms with van der Waals surface area (Å²) in [7, 11) is -3.92. The number of rotatable bonds is 12. The van der Waals surface area contributed by atoms with E-state index in [1.807, 2.05) is 17.7 Å². The second-order valence-electron chi connectivity index (χ2n) is 8.06.